The summed E-state index contributed by atoms with van der Waals surface area (Å²) in [5, 5.41) is 6.65. The molecule has 0 aliphatic heterocycles. The van der Waals surface area contributed by atoms with Crippen LogP contribution in [0.15, 0.2) is 10.9 Å². The van der Waals surface area contributed by atoms with Crippen LogP contribution in [0.3, 0.4) is 0 Å². The third kappa shape index (κ3) is 3.01. The maximum absolute atomic E-state index is 5.23. The zero-order valence-electron chi connectivity index (χ0n) is 9.62. The Morgan fingerprint density at radius 3 is 2.83 bits per heavy atom. The van der Waals surface area contributed by atoms with Crippen LogP contribution in [0.25, 0.3) is 0 Å². The first-order chi connectivity index (χ1) is 8.81. The number of nitrogens with two attached hydrogens (primary N) is 1. The largest absolute Gasteiger partial charge is 0.467 e. The van der Waals surface area contributed by atoms with E-state index in [0.29, 0.717) is 24.7 Å². The summed E-state index contributed by atoms with van der Waals surface area (Å²) >= 11 is 0. The quantitative estimate of drug-likeness (QED) is 0.442. The second-order valence-corrected chi connectivity index (χ2v) is 3.14. The van der Waals surface area contributed by atoms with Gasteiger partial charge < -0.3 is 14.6 Å². The first-order valence-electron chi connectivity index (χ1n) is 5.07. The van der Waals surface area contributed by atoms with Crippen molar-refractivity contribution in [3.8, 4) is 6.01 Å². The molecule has 0 aromatic carbocycles. The molecule has 0 saturated heterocycles. The maximum atomic E-state index is 5.23. The molecule has 18 heavy (non-hydrogen) atoms. The molecule has 0 amide bonds. The van der Waals surface area contributed by atoms with Gasteiger partial charge in [-0.05, 0) is 0 Å². The Hall–Kier alpha value is -2.49. The Bertz CT molecular complexity index is 466. The van der Waals surface area contributed by atoms with Crippen molar-refractivity contribution in [3.05, 3.63) is 12.2 Å². The molecule has 2 rings (SSSR count). The molecular formula is C8H12N8O2. The number of hydrogen-bond acceptors (Lipinski definition) is 10. The van der Waals surface area contributed by atoms with E-state index in [4.69, 9.17) is 10.6 Å². The van der Waals surface area contributed by atoms with Gasteiger partial charge in [-0.3, -0.25) is 5.43 Å². The first-order valence-corrected chi connectivity index (χ1v) is 5.07. The van der Waals surface area contributed by atoms with E-state index in [0.717, 1.165) is 0 Å². The van der Waals surface area contributed by atoms with Crippen LogP contribution in [-0.4, -0.2) is 38.7 Å². The Morgan fingerprint density at radius 2 is 2.17 bits per heavy atom. The van der Waals surface area contributed by atoms with Gasteiger partial charge in [0, 0.05) is 13.0 Å². The van der Waals surface area contributed by atoms with E-state index in [-0.39, 0.29) is 12.0 Å². The number of nitrogens with one attached hydrogen (secondary N) is 2. The van der Waals surface area contributed by atoms with Crippen molar-refractivity contribution in [2.24, 2.45) is 5.84 Å². The number of aromatic nitrogens is 5. The normalized spacial score (nSPS) is 10.1. The predicted octanol–water partition coefficient (Wildman–Crippen LogP) is -0.797. The van der Waals surface area contributed by atoms with Crippen LogP contribution < -0.4 is 21.3 Å². The molecule has 10 heteroatoms. The van der Waals surface area contributed by atoms with Crippen LogP contribution in [-0.2, 0) is 6.42 Å². The summed E-state index contributed by atoms with van der Waals surface area (Å²) in [5.74, 6) is 6.39. The highest BCUT2D eigenvalue weighted by Crippen LogP contribution is 2.09. The van der Waals surface area contributed by atoms with E-state index in [1.807, 2.05) is 0 Å². The monoisotopic (exact) mass is 252 g/mol. The first kappa shape index (κ1) is 12.0. The van der Waals surface area contributed by atoms with Crippen molar-refractivity contribution in [2.75, 3.05) is 24.4 Å². The van der Waals surface area contributed by atoms with Gasteiger partial charge in [0.05, 0.1) is 7.11 Å². The predicted molar refractivity (Wildman–Crippen MR) is 60.7 cm³/mol. The van der Waals surface area contributed by atoms with Gasteiger partial charge in [-0.1, -0.05) is 5.16 Å². The average Bonchev–Trinajstić information content (AvgIpc) is 2.91. The number of hydrogen-bond donors (Lipinski definition) is 3. The van der Waals surface area contributed by atoms with Gasteiger partial charge in [-0.25, -0.2) is 5.84 Å². The van der Waals surface area contributed by atoms with Gasteiger partial charge in [-0.15, -0.1) is 0 Å². The summed E-state index contributed by atoms with van der Waals surface area (Å²) in [6, 6.07) is 0.167. The third-order valence-corrected chi connectivity index (χ3v) is 1.97. The summed E-state index contributed by atoms with van der Waals surface area (Å²) in [6.45, 7) is 0.538. The molecule has 2 heterocycles. The molecule has 2 aromatic heterocycles. The van der Waals surface area contributed by atoms with Crippen molar-refractivity contribution in [1.29, 1.82) is 0 Å². The molecule has 0 atom stereocenters. The standard InChI is InChI=1S/C8H12N8O2/c1-17-8-13-6(12-7(14-8)15-9)10-3-2-5-11-4-18-16-5/h4H,2-3,9H2,1H3,(H2,10,12,13,14,15). The Balaban J connectivity index is 1.95. The summed E-state index contributed by atoms with van der Waals surface area (Å²) in [5.41, 5.74) is 2.32. The van der Waals surface area contributed by atoms with E-state index < -0.39 is 0 Å². The van der Waals surface area contributed by atoms with Crippen molar-refractivity contribution < 1.29 is 9.26 Å². The Morgan fingerprint density at radius 1 is 1.33 bits per heavy atom. The number of nitrogens with zero attached hydrogens (tertiary/aromatic N) is 5. The fraction of sp³-hybridized carbons (Fsp3) is 0.375. The lowest BCUT2D eigenvalue weighted by Gasteiger charge is -2.06. The Kier molecular flexibility index (Phi) is 3.81. The zero-order valence-corrected chi connectivity index (χ0v) is 9.62. The molecule has 0 aliphatic rings. The Labute approximate surface area is 102 Å². The van der Waals surface area contributed by atoms with E-state index in [2.05, 4.69) is 40.4 Å². The summed E-state index contributed by atoms with van der Waals surface area (Å²) in [7, 11) is 1.46. The minimum absolute atomic E-state index is 0.167. The van der Waals surface area contributed by atoms with Crippen molar-refractivity contribution in [2.45, 2.75) is 6.42 Å². The van der Waals surface area contributed by atoms with Crippen molar-refractivity contribution in [1.82, 2.24) is 25.1 Å². The van der Waals surface area contributed by atoms with Crippen LogP contribution in [0.2, 0.25) is 0 Å². The molecule has 2 aromatic rings. The van der Waals surface area contributed by atoms with Crippen molar-refractivity contribution in [3.63, 3.8) is 0 Å². The highest BCUT2D eigenvalue weighted by molar-refractivity contribution is 5.34. The maximum Gasteiger partial charge on any atom is 0.322 e. The topological polar surface area (TPSA) is 137 Å². The molecule has 0 saturated carbocycles. The van der Waals surface area contributed by atoms with Crippen LogP contribution >= 0.6 is 0 Å². The van der Waals surface area contributed by atoms with Gasteiger partial charge in [0.1, 0.15) is 0 Å². The van der Waals surface area contributed by atoms with Crippen LogP contribution in [0.1, 0.15) is 5.82 Å². The summed E-state index contributed by atoms with van der Waals surface area (Å²) < 4.78 is 9.53. The summed E-state index contributed by atoms with van der Waals surface area (Å²) in [6.07, 6.45) is 1.85. The number of anilines is 2. The molecule has 10 nitrogen and oxygen atoms in total. The van der Waals surface area contributed by atoms with E-state index in [1.165, 1.54) is 13.5 Å². The van der Waals surface area contributed by atoms with E-state index in [1.54, 1.807) is 0 Å². The van der Waals surface area contributed by atoms with Crippen LogP contribution in [0, 0.1) is 0 Å². The van der Waals surface area contributed by atoms with Gasteiger partial charge in [0.25, 0.3) is 0 Å². The molecule has 0 radical (unpaired) electrons. The molecule has 0 fully saturated rings. The van der Waals surface area contributed by atoms with Gasteiger partial charge in [0.2, 0.25) is 18.3 Å². The number of rotatable bonds is 6. The van der Waals surface area contributed by atoms with E-state index in [9.17, 15) is 0 Å². The van der Waals surface area contributed by atoms with Crippen LogP contribution in [0.4, 0.5) is 11.9 Å². The molecule has 96 valence electrons. The smallest absolute Gasteiger partial charge is 0.322 e. The number of ether oxygens (including phenoxy) is 1. The second kappa shape index (κ2) is 5.72. The number of nitrogen functional groups attached to an aromatic ring is 1. The van der Waals surface area contributed by atoms with Crippen molar-refractivity contribution >= 4 is 11.9 Å². The lowest BCUT2D eigenvalue weighted by atomic mass is 10.4. The van der Waals surface area contributed by atoms with E-state index >= 15 is 0 Å². The molecule has 0 aliphatic carbocycles. The second-order valence-electron chi connectivity index (χ2n) is 3.14. The van der Waals surface area contributed by atoms with Gasteiger partial charge >= 0.3 is 6.01 Å². The molecule has 0 unspecified atom stereocenters. The average molecular weight is 252 g/mol. The van der Waals surface area contributed by atoms with Crippen LogP contribution in [0.5, 0.6) is 6.01 Å². The zero-order chi connectivity index (χ0) is 12.8. The summed E-state index contributed by atoms with van der Waals surface area (Å²) in [4.78, 5) is 15.8. The minimum Gasteiger partial charge on any atom is -0.467 e. The molecule has 0 spiro atoms. The highest BCUT2D eigenvalue weighted by Gasteiger charge is 2.06. The fourth-order valence-electron chi connectivity index (χ4n) is 1.18. The number of hydrazine groups is 1. The molecular weight excluding hydrogens is 240 g/mol. The lowest BCUT2D eigenvalue weighted by molar-refractivity contribution is 0.379. The lowest BCUT2D eigenvalue weighted by Crippen LogP contribution is -2.15. The number of methoxy groups -OCH3 is 1. The fourth-order valence-corrected chi connectivity index (χ4v) is 1.18. The highest BCUT2D eigenvalue weighted by atomic mass is 16.5. The molecule has 0 bridgehead atoms. The molecule has 4 N–H and O–H groups in total. The third-order valence-electron chi connectivity index (χ3n) is 1.97. The van der Waals surface area contributed by atoms with Gasteiger partial charge in [0.15, 0.2) is 5.82 Å². The SMILES string of the molecule is COc1nc(NN)nc(NCCc2ncon2)n1. The minimum atomic E-state index is 0.167. The van der Waals surface area contributed by atoms with Gasteiger partial charge in [-0.2, -0.15) is 19.9 Å².